The Morgan fingerprint density at radius 2 is 1.59 bits per heavy atom. The third-order valence-electron chi connectivity index (χ3n) is 4.46. The number of rotatable bonds is 11. The molecule has 0 radical (unpaired) electrons. The second-order valence-corrected chi connectivity index (χ2v) is 6.84. The molecular weight excluding hydrogens is 368 g/mol. The standard InChI is InChI=1S/C23H28N2O4/c1-2-3-14-20(16-26)24-22(27)21(15-18-10-6-4-7-11-18)25-23(28)29-17-19-12-8-5-9-13-19/h4-13,16,20-21H,2-3,14-15,17H2,1H3,(H,24,27)(H,25,28). The van der Waals surface area contributed by atoms with E-state index in [1.54, 1.807) is 0 Å². The number of benzene rings is 2. The highest BCUT2D eigenvalue weighted by Crippen LogP contribution is 2.06. The van der Waals surface area contributed by atoms with Gasteiger partial charge in [0.2, 0.25) is 5.91 Å². The molecule has 6 nitrogen and oxygen atoms in total. The van der Waals surface area contributed by atoms with E-state index in [0.29, 0.717) is 12.8 Å². The zero-order chi connectivity index (χ0) is 20.9. The van der Waals surface area contributed by atoms with E-state index in [-0.39, 0.29) is 6.61 Å². The fraction of sp³-hybridized carbons (Fsp3) is 0.348. The molecule has 2 aromatic rings. The van der Waals surface area contributed by atoms with E-state index in [0.717, 1.165) is 30.3 Å². The van der Waals surface area contributed by atoms with Crippen molar-refractivity contribution in [2.24, 2.45) is 0 Å². The number of alkyl carbamates (subject to hydrolysis) is 1. The Morgan fingerprint density at radius 1 is 0.966 bits per heavy atom. The molecule has 0 aliphatic carbocycles. The molecule has 0 heterocycles. The number of carbonyl (C=O) groups is 3. The Hall–Kier alpha value is -3.15. The van der Waals surface area contributed by atoms with Crippen LogP contribution in [-0.2, 0) is 27.4 Å². The smallest absolute Gasteiger partial charge is 0.408 e. The predicted octanol–water partition coefficient (Wildman–Crippen LogP) is 3.40. The third-order valence-corrected chi connectivity index (χ3v) is 4.46. The highest BCUT2D eigenvalue weighted by molar-refractivity contribution is 5.87. The summed E-state index contributed by atoms with van der Waals surface area (Å²) < 4.78 is 5.24. The van der Waals surface area contributed by atoms with Crippen LogP contribution < -0.4 is 10.6 Å². The number of hydrogen-bond donors (Lipinski definition) is 2. The highest BCUT2D eigenvalue weighted by atomic mass is 16.5. The first-order chi connectivity index (χ1) is 14.1. The number of amides is 2. The number of carbonyl (C=O) groups excluding carboxylic acids is 3. The van der Waals surface area contributed by atoms with E-state index in [9.17, 15) is 14.4 Å². The number of hydrogen-bond acceptors (Lipinski definition) is 4. The van der Waals surface area contributed by atoms with Crippen molar-refractivity contribution in [3.05, 3.63) is 71.8 Å². The summed E-state index contributed by atoms with van der Waals surface area (Å²) in [7, 11) is 0. The first-order valence-corrected chi connectivity index (χ1v) is 9.89. The van der Waals surface area contributed by atoms with Crippen molar-refractivity contribution in [3.63, 3.8) is 0 Å². The number of aldehydes is 1. The minimum absolute atomic E-state index is 0.111. The van der Waals surface area contributed by atoms with Gasteiger partial charge in [-0.15, -0.1) is 0 Å². The van der Waals surface area contributed by atoms with Gasteiger partial charge >= 0.3 is 6.09 Å². The largest absolute Gasteiger partial charge is 0.445 e. The summed E-state index contributed by atoms with van der Waals surface area (Å²) in [4.78, 5) is 36.3. The molecule has 0 bridgehead atoms. The summed E-state index contributed by atoms with van der Waals surface area (Å²) in [6, 6.07) is 17.3. The van der Waals surface area contributed by atoms with E-state index < -0.39 is 24.1 Å². The van der Waals surface area contributed by atoms with Crippen molar-refractivity contribution >= 4 is 18.3 Å². The molecule has 2 amide bonds. The van der Waals surface area contributed by atoms with Gasteiger partial charge in [-0.1, -0.05) is 80.4 Å². The van der Waals surface area contributed by atoms with Gasteiger partial charge in [-0.05, 0) is 17.5 Å². The Morgan fingerprint density at radius 3 is 2.17 bits per heavy atom. The molecule has 0 aliphatic rings. The predicted molar refractivity (Wildman–Crippen MR) is 111 cm³/mol. The van der Waals surface area contributed by atoms with Gasteiger partial charge in [0, 0.05) is 6.42 Å². The van der Waals surface area contributed by atoms with Gasteiger partial charge in [0.15, 0.2) is 0 Å². The molecule has 0 saturated carbocycles. The van der Waals surface area contributed by atoms with Crippen molar-refractivity contribution < 1.29 is 19.1 Å². The average molecular weight is 396 g/mol. The number of unbranched alkanes of at least 4 members (excludes halogenated alkanes) is 1. The van der Waals surface area contributed by atoms with Crippen LogP contribution in [0.2, 0.25) is 0 Å². The quantitative estimate of drug-likeness (QED) is 0.570. The van der Waals surface area contributed by atoms with Crippen molar-refractivity contribution in [2.75, 3.05) is 0 Å². The normalized spacial score (nSPS) is 12.4. The van der Waals surface area contributed by atoms with Crippen molar-refractivity contribution in [1.29, 1.82) is 0 Å². The van der Waals surface area contributed by atoms with Crippen molar-refractivity contribution in [2.45, 2.75) is 51.3 Å². The van der Waals surface area contributed by atoms with Crippen LogP contribution in [0.1, 0.15) is 37.3 Å². The summed E-state index contributed by atoms with van der Waals surface area (Å²) in [6.45, 7) is 2.13. The summed E-state index contributed by atoms with van der Waals surface area (Å²) in [5.74, 6) is -0.404. The summed E-state index contributed by atoms with van der Waals surface area (Å²) in [6.07, 6.45) is 2.69. The van der Waals surface area contributed by atoms with E-state index in [4.69, 9.17) is 4.74 Å². The SMILES string of the molecule is CCCCC(C=O)NC(=O)C(Cc1ccccc1)NC(=O)OCc1ccccc1. The molecule has 0 fully saturated rings. The average Bonchev–Trinajstić information content (AvgIpc) is 2.76. The maximum Gasteiger partial charge on any atom is 0.408 e. The Bertz CT molecular complexity index is 765. The lowest BCUT2D eigenvalue weighted by Crippen LogP contribution is -2.51. The van der Waals surface area contributed by atoms with Crippen LogP contribution in [-0.4, -0.2) is 30.4 Å². The lowest BCUT2D eigenvalue weighted by molar-refractivity contribution is -0.125. The minimum atomic E-state index is -0.843. The van der Waals surface area contributed by atoms with Gasteiger partial charge in [-0.3, -0.25) is 4.79 Å². The van der Waals surface area contributed by atoms with E-state index in [1.165, 1.54) is 0 Å². The van der Waals surface area contributed by atoms with Crippen LogP contribution >= 0.6 is 0 Å². The summed E-state index contributed by atoms with van der Waals surface area (Å²) in [5, 5.41) is 5.36. The fourth-order valence-corrected chi connectivity index (χ4v) is 2.85. The molecule has 0 aliphatic heterocycles. The Labute approximate surface area is 171 Å². The van der Waals surface area contributed by atoms with Gasteiger partial charge in [-0.25, -0.2) is 4.79 Å². The number of nitrogens with one attached hydrogen (secondary N) is 2. The molecule has 2 rings (SSSR count). The molecule has 0 saturated heterocycles. The van der Waals surface area contributed by atoms with Gasteiger partial charge in [0.1, 0.15) is 18.9 Å². The fourth-order valence-electron chi connectivity index (χ4n) is 2.85. The second-order valence-electron chi connectivity index (χ2n) is 6.84. The zero-order valence-electron chi connectivity index (χ0n) is 16.7. The maximum atomic E-state index is 12.7. The minimum Gasteiger partial charge on any atom is -0.445 e. The summed E-state index contributed by atoms with van der Waals surface area (Å²) >= 11 is 0. The monoisotopic (exact) mass is 396 g/mol. The third kappa shape index (κ3) is 8.17. The Kier molecular flexibility index (Phi) is 9.42. The van der Waals surface area contributed by atoms with Crippen molar-refractivity contribution in [1.82, 2.24) is 10.6 Å². The highest BCUT2D eigenvalue weighted by Gasteiger charge is 2.24. The second kappa shape index (κ2) is 12.3. The van der Waals surface area contributed by atoms with Gasteiger partial charge in [0.05, 0.1) is 6.04 Å². The molecule has 6 heteroatoms. The molecule has 2 unspecified atom stereocenters. The van der Waals surface area contributed by atoms with Gasteiger partial charge in [-0.2, -0.15) is 0 Å². The molecule has 0 aromatic heterocycles. The summed E-state index contributed by atoms with van der Waals surface area (Å²) in [5.41, 5.74) is 1.75. The topological polar surface area (TPSA) is 84.5 Å². The van der Waals surface area contributed by atoms with Crippen molar-refractivity contribution in [3.8, 4) is 0 Å². The first kappa shape index (κ1) is 22.1. The van der Waals surface area contributed by atoms with Crippen LogP contribution in [0, 0.1) is 0 Å². The van der Waals surface area contributed by atoms with Crippen LogP contribution in [0.25, 0.3) is 0 Å². The molecule has 2 atom stereocenters. The zero-order valence-corrected chi connectivity index (χ0v) is 16.7. The van der Waals surface area contributed by atoms with E-state index in [1.807, 2.05) is 67.6 Å². The van der Waals surface area contributed by atoms with Gasteiger partial charge in [0.25, 0.3) is 0 Å². The van der Waals surface area contributed by atoms with Crippen LogP contribution in [0.3, 0.4) is 0 Å². The molecule has 0 spiro atoms. The molecule has 2 N–H and O–H groups in total. The molecular formula is C23H28N2O4. The van der Waals surface area contributed by atoms with E-state index in [2.05, 4.69) is 10.6 Å². The lowest BCUT2D eigenvalue weighted by Gasteiger charge is -2.21. The Balaban J connectivity index is 2.00. The molecule has 29 heavy (non-hydrogen) atoms. The number of ether oxygens (including phenoxy) is 1. The lowest BCUT2D eigenvalue weighted by atomic mass is 10.0. The van der Waals surface area contributed by atoms with E-state index >= 15 is 0 Å². The van der Waals surface area contributed by atoms with Crippen LogP contribution in [0.4, 0.5) is 4.79 Å². The van der Waals surface area contributed by atoms with Crippen LogP contribution in [0.15, 0.2) is 60.7 Å². The van der Waals surface area contributed by atoms with Gasteiger partial charge < -0.3 is 20.2 Å². The maximum absolute atomic E-state index is 12.7. The first-order valence-electron chi connectivity index (χ1n) is 9.89. The molecule has 2 aromatic carbocycles. The van der Waals surface area contributed by atoms with Crippen LogP contribution in [0.5, 0.6) is 0 Å². The molecule has 154 valence electrons.